The van der Waals surface area contributed by atoms with Crippen LogP contribution in [0.3, 0.4) is 0 Å². The molecule has 2 heterocycles. The molecule has 0 atom stereocenters. The number of anilines is 2. The lowest BCUT2D eigenvalue weighted by Crippen LogP contribution is -2.49. The van der Waals surface area contributed by atoms with Crippen LogP contribution in [0.25, 0.3) is 11.1 Å². The van der Waals surface area contributed by atoms with Crippen molar-refractivity contribution in [3.63, 3.8) is 0 Å². The number of aromatic amines is 1. The summed E-state index contributed by atoms with van der Waals surface area (Å²) >= 11 is 0. The quantitative estimate of drug-likeness (QED) is 0.807. The van der Waals surface area contributed by atoms with Crippen molar-refractivity contribution in [1.29, 1.82) is 0 Å². The van der Waals surface area contributed by atoms with Crippen molar-refractivity contribution in [3.05, 3.63) is 22.7 Å². The maximum absolute atomic E-state index is 11.2. The molecule has 0 bridgehead atoms. The standard InChI is InChI=1S/C14H20N4O2/c1-9(2)17-3-5-18(6-4-17)12-8-11-13(7-10(12)15)20-14(19)16-11/h7-9H,3-6,15H2,1-2H3,(H,16,19). The largest absolute Gasteiger partial charge is 0.417 e. The van der Waals surface area contributed by atoms with Crippen LogP contribution in [0.4, 0.5) is 11.4 Å². The molecule has 1 aliphatic heterocycles. The van der Waals surface area contributed by atoms with Crippen LogP contribution in [-0.4, -0.2) is 42.1 Å². The van der Waals surface area contributed by atoms with Gasteiger partial charge in [-0.05, 0) is 19.9 Å². The second-order valence-electron chi connectivity index (χ2n) is 5.54. The Hall–Kier alpha value is -1.95. The molecule has 6 nitrogen and oxygen atoms in total. The van der Waals surface area contributed by atoms with Gasteiger partial charge in [0, 0.05) is 38.3 Å². The van der Waals surface area contributed by atoms with Crippen molar-refractivity contribution in [2.45, 2.75) is 19.9 Å². The highest BCUT2D eigenvalue weighted by Crippen LogP contribution is 2.28. The average Bonchev–Trinajstić information content (AvgIpc) is 2.77. The number of benzene rings is 1. The van der Waals surface area contributed by atoms with Gasteiger partial charge in [-0.1, -0.05) is 0 Å². The summed E-state index contributed by atoms with van der Waals surface area (Å²) in [5.74, 6) is -0.443. The molecule has 0 aliphatic carbocycles. The molecule has 0 radical (unpaired) electrons. The van der Waals surface area contributed by atoms with Crippen molar-refractivity contribution >= 4 is 22.5 Å². The van der Waals surface area contributed by atoms with E-state index >= 15 is 0 Å². The zero-order valence-electron chi connectivity index (χ0n) is 11.8. The topological polar surface area (TPSA) is 78.5 Å². The number of hydrogen-bond donors (Lipinski definition) is 2. The Morgan fingerprint density at radius 1 is 1.25 bits per heavy atom. The predicted octanol–water partition coefficient (Wildman–Crippen LogP) is 1.23. The maximum atomic E-state index is 11.2. The first kappa shape index (κ1) is 13.1. The first-order chi connectivity index (χ1) is 9.54. The van der Waals surface area contributed by atoms with E-state index in [-0.39, 0.29) is 0 Å². The van der Waals surface area contributed by atoms with Gasteiger partial charge in [0.1, 0.15) is 0 Å². The third-order valence-corrected chi connectivity index (χ3v) is 3.95. The summed E-state index contributed by atoms with van der Waals surface area (Å²) in [6, 6.07) is 4.19. The molecule has 0 amide bonds. The summed E-state index contributed by atoms with van der Waals surface area (Å²) in [5, 5.41) is 0. The number of nitrogen functional groups attached to an aromatic ring is 1. The van der Waals surface area contributed by atoms with Gasteiger partial charge in [-0.25, -0.2) is 4.79 Å². The van der Waals surface area contributed by atoms with Crippen molar-refractivity contribution in [2.75, 3.05) is 36.8 Å². The summed E-state index contributed by atoms with van der Waals surface area (Å²) in [4.78, 5) is 18.6. The maximum Gasteiger partial charge on any atom is 0.417 e. The van der Waals surface area contributed by atoms with Gasteiger partial charge in [0.05, 0.1) is 16.9 Å². The molecule has 108 valence electrons. The van der Waals surface area contributed by atoms with E-state index in [1.54, 1.807) is 6.07 Å². The minimum Gasteiger partial charge on any atom is -0.408 e. The van der Waals surface area contributed by atoms with Gasteiger partial charge in [-0.15, -0.1) is 0 Å². The Morgan fingerprint density at radius 2 is 1.95 bits per heavy atom. The molecule has 1 aliphatic rings. The van der Waals surface area contributed by atoms with Crippen molar-refractivity contribution < 1.29 is 4.42 Å². The van der Waals surface area contributed by atoms with Crippen LogP contribution >= 0.6 is 0 Å². The van der Waals surface area contributed by atoms with E-state index in [2.05, 4.69) is 28.6 Å². The first-order valence-electron chi connectivity index (χ1n) is 6.96. The van der Waals surface area contributed by atoms with E-state index in [4.69, 9.17) is 10.2 Å². The SMILES string of the molecule is CC(C)N1CCN(c2cc3[nH]c(=O)oc3cc2N)CC1. The summed E-state index contributed by atoms with van der Waals surface area (Å²) in [5.41, 5.74) is 8.92. The minimum atomic E-state index is -0.443. The lowest BCUT2D eigenvalue weighted by Gasteiger charge is -2.38. The van der Waals surface area contributed by atoms with Gasteiger partial charge >= 0.3 is 5.76 Å². The highest BCUT2D eigenvalue weighted by molar-refractivity contribution is 5.85. The molecule has 1 aromatic carbocycles. The Bertz CT molecular complexity index is 665. The number of nitrogens with zero attached hydrogens (tertiary/aromatic N) is 2. The van der Waals surface area contributed by atoms with Crippen molar-refractivity contribution in [2.24, 2.45) is 0 Å². The Morgan fingerprint density at radius 3 is 2.60 bits per heavy atom. The smallest absolute Gasteiger partial charge is 0.408 e. The number of H-pyrrole nitrogens is 1. The zero-order chi connectivity index (χ0) is 14.3. The number of oxazole rings is 1. The normalized spacial score (nSPS) is 17.2. The fourth-order valence-electron chi connectivity index (χ4n) is 2.75. The van der Waals surface area contributed by atoms with Crippen LogP contribution in [0.15, 0.2) is 21.3 Å². The van der Waals surface area contributed by atoms with Crippen LogP contribution in [0.1, 0.15) is 13.8 Å². The Balaban J connectivity index is 1.87. The van der Waals surface area contributed by atoms with E-state index in [1.807, 2.05) is 6.07 Å². The molecule has 1 fully saturated rings. The van der Waals surface area contributed by atoms with E-state index in [0.29, 0.717) is 22.8 Å². The second-order valence-corrected chi connectivity index (χ2v) is 5.54. The van der Waals surface area contributed by atoms with Gasteiger partial charge in [0.15, 0.2) is 5.58 Å². The molecule has 20 heavy (non-hydrogen) atoms. The molecule has 3 rings (SSSR count). The van der Waals surface area contributed by atoms with Crippen LogP contribution in [0.2, 0.25) is 0 Å². The highest BCUT2D eigenvalue weighted by atomic mass is 16.4. The molecular formula is C14H20N4O2. The molecule has 0 spiro atoms. The van der Waals surface area contributed by atoms with Crippen molar-refractivity contribution in [1.82, 2.24) is 9.88 Å². The van der Waals surface area contributed by atoms with Gasteiger partial charge in [0.2, 0.25) is 0 Å². The number of hydrogen-bond acceptors (Lipinski definition) is 5. The molecule has 1 aromatic heterocycles. The number of fused-ring (bicyclic) bond motifs is 1. The zero-order valence-corrected chi connectivity index (χ0v) is 11.8. The lowest BCUT2D eigenvalue weighted by molar-refractivity contribution is 0.209. The minimum absolute atomic E-state index is 0.443. The molecular weight excluding hydrogens is 256 g/mol. The van der Waals surface area contributed by atoms with Gasteiger partial charge in [0.25, 0.3) is 0 Å². The molecule has 6 heteroatoms. The number of piperazine rings is 1. The number of nitrogens with one attached hydrogen (secondary N) is 1. The van der Waals surface area contributed by atoms with E-state index in [1.165, 1.54) is 0 Å². The Kier molecular flexibility index (Phi) is 3.17. The number of rotatable bonds is 2. The molecule has 0 saturated carbocycles. The van der Waals surface area contributed by atoms with Crippen LogP contribution < -0.4 is 16.4 Å². The predicted molar refractivity (Wildman–Crippen MR) is 80.2 cm³/mol. The third-order valence-electron chi connectivity index (χ3n) is 3.95. The second kappa shape index (κ2) is 4.86. The van der Waals surface area contributed by atoms with Gasteiger partial charge in [-0.2, -0.15) is 0 Å². The average molecular weight is 276 g/mol. The van der Waals surface area contributed by atoms with Crippen LogP contribution in [-0.2, 0) is 0 Å². The fraction of sp³-hybridized carbons (Fsp3) is 0.500. The number of aromatic nitrogens is 1. The first-order valence-corrected chi connectivity index (χ1v) is 6.96. The monoisotopic (exact) mass is 276 g/mol. The third kappa shape index (κ3) is 2.27. The van der Waals surface area contributed by atoms with Gasteiger partial charge < -0.3 is 15.1 Å². The summed E-state index contributed by atoms with van der Waals surface area (Å²) in [7, 11) is 0. The Labute approximate surface area is 117 Å². The van der Waals surface area contributed by atoms with Crippen LogP contribution in [0, 0.1) is 0 Å². The van der Waals surface area contributed by atoms with Crippen LogP contribution in [0.5, 0.6) is 0 Å². The van der Waals surface area contributed by atoms with E-state index in [9.17, 15) is 4.79 Å². The highest BCUT2D eigenvalue weighted by Gasteiger charge is 2.21. The molecule has 2 aromatic rings. The molecule has 0 unspecified atom stereocenters. The van der Waals surface area contributed by atoms with E-state index < -0.39 is 5.76 Å². The van der Waals surface area contributed by atoms with E-state index in [0.717, 1.165) is 31.9 Å². The molecule has 3 N–H and O–H groups in total. The lowest BCUT2D eigenvalue weighted by atomic mass is 10.2. The van der Waals surface area contributed by atoms with Gasteiger partial charge in [-0.3, -0.25) is 9.88 Å². The molecule has 1 saturated heterocycles. The van der Waals surface area contributed by atoms with Crippen molar-refractivity contribution in [3.8, 4) is 0 Å². The number of nitrogens with two attached hydrogens (primary N) is 1. The fourth-order valence-corrected chi connectivity index (χ4v) is 2.75. The summed E-state index contributed by atoms with van der Waals surface area (Å²) in [6.07, 6.45) is 0. The summed E-state index contributed by atoms with van der Waals surface area (Å²) in [6.45, 7) is 8.36. The summed E-state index contributed by atoms with van der Waals surface area (Å²) < 4.78 is 5.02.